The van der Waals surface area contributed by atoms with E-state index in [1.165, 1.54) is 161 Å². The minimum absolute atomic E-state index is 0.0427. The minimum Gasteiger partial charge on any atom is -0.462 e. The molecule has 6 heteroatoms. The predicted octanol–water partition coefficient (Wildman–Crippen LogP) is 17.0. The lowest BCUT2D eigenvalue weighted by atomic mass is 10.0. The molecule has 0 aliphatic carbocycles. The highest BCUT2D eigenvalue weighted by Gasteiger charge is 2.24. The molecule has 3 N–H and O–H groups in total. The van der Waals surface area contributed by atoms with Gasteiger partial charge in [-0.1, -0.05) is 262 Å². The number of carbonyl (C=O) groups is 2. The van der Waals surface area contributed by atoms with Crippen LogP contribution in [-0.2, 0) is 14.3 Å². The summed E-state index contributed by atoms with van der Waals surface area (Å²) in [5.74, 6) is -0.517. The van der Waals surface area contributed by atoms with E-state index in [1.807, 2.05) is 0 Å². The van der Waals surface area contributed by atoms with Crippen molar-refractivity contribution in [2.75, 3.05) is 6.61 Å². The number of ether oxygens (including phenoxy) is 1. The van der Waals surface area contributed by atoms with Crippen molar-refractivity contribution in [2.45, 2.75) is 302 Å². The summed E-state index contributed by atoms with van der Waals surface area (Å²) in [5, 5.41) is 23.8. The zero-order valence-corrected chi connectivity index (χ0v) is 42.7. The maximum atomic E-state index is 13.2. The molecule has 0 heterocycles. The van der Waals surface area contributed by atoms with Crippen LogP contribution in [0.1, 0.15) is 284 Å². The van der Waals surface area contributed by atoms with Gasteiger partial charge < -0.3 is 20.3 Å². The predicted molar refractivity (Wildman–Crippen MR) is 278 cm³/mol. The fourth-order valence-electron chi connectivity index (χ4n) is 8.49. The second kappa shape index (κ2) is 51.8. The summed E-state index contributed by atoms with van der Waals surface area (Å²) in [6, 6.07) is -0.718. The van der Waals surface area contributed by atoms with E-state index in [9.17, 15) is 19.8 Å². The van der Waals surface area contributed by atoms with Gasteiger partial charge >= 0.3 is 5.97 Å². The maximum absolute atomic E-state index is 13.2. The molecule has 374 valence electrons. The van der Waals surface area contributed by atoms with Crippen LogP contribution in [0.4, 0.5) is 0 Å². The van der Waals surface area contributed by atoms with Crippen LogP contribution in [-0.4, -0.2) is 46.9 Å². The fourth-order valence-corrected chi connectivity index (χ4v) is 8.49. The number of esters is 1. The Bertz CT molecular complexity index is 1100. The van der Waals surface area contributed by atoms with Gasteiger partial charge in [0.2, 0.25) is 5.91 Å². The van der Waals surface area contributed by atoms with Crippen molar-refractivity contribution in [3.05, 3.63) is 48.6 Å². The molecule has 0 saturated heterocycles. The molecular weight excluding hydrogens is 791 g/mol. The molecule has 1 amide bonds. The van der Waals surface area contributed by atoms with E-state index in [0.717, 1.165) is 77.0 Å². The summed E-state index contributed by atoms with van der Waals surface area (Å²) in [7, 11) is 0. The standard InChI is InChI=1S/C58H107NO5/c1-4-7-10-13-16-19-22-25-28-30-32-35-38-41-44-47-50-56(61)55(53-60)59-57(62)52-54(49-46-43-40-37-34-31-27-24-21-18-15-12-9-6-3)64-58(63)51-48-45-42-39-36-33-29-26-23-20-17-14-11-8-5-2/h9,12,18,21,27,31,37,40,54-56,60-61H,4-8,10-11,13-17,19-20,22-26,28-30,32-36,38-39,41-53H2,1-3H3,(H,59,62)/b12-9+,21-18+,31-27+,40-37+. The van der Waals surface area contributed by atoms with Gasteiger partial charge in [-0.05, 0) is 57.8 Å². The van der Waals surface area contributed by atoms with Crippen molar-refractivity contribution in [3.63, 3.8) is 0 Å². The highest BCUT2D eigenvalue weighted by molar-refractivity contribution is 5.77. The summed E-state index contributed by atoms with van der Waals surface area (Å²) in [5.41, 5.74) is 0. The largest absolute Gasteiger partial charge is 0.462 e. The summed E-state index contributed by atoms with van der Waals surface area (Å²) >= 11 is 0. The molecule has 3 unspecified atom stereocenters. The Hall–Kier alpha value is -2.18. The highest BCUT2D eigenvalue weighted by atomic mass is 16.5. The fraction of sp³-hybridized carbons (Fsp3) is 0.828. The van der Waals surface area contributed by atoms with Crippen molar-refractivity contribution in [1.82, 2.24) is 5.32 Å². The second-order valence-corrected chi connectivity index (χ2v) is 19.0. The third kappa shape index (κ3) is 46.4. The number of rotatable bonds is 50. The summed E-state index contributed by atoms with van der Waals surface area (Å²) in [4.78, 5) is 26.2. The molecule has 6 nitrogen and oxygen atoms in total. The Balaban J connectivity index is 4.58. The molecule has 0 aromatic carbocycles. The molecule has 0 spiro atoms. The normalized spacial score (nSPS) is 13.5. The first-order valence-corrected chi connectivity index (χ1v) is 27.9. The van der Waals surface area contributed by atoms with E-state index in [1.54, 1.807) is 0 Å². The van der Waals surface area contributed by atoms with Gasteiger partial charge in [-0.15, -0.1) is 0 Å². The number of aliphatic hydroxyl groups is 2. The monoisotopic (exact) mass is 898 g/mol. The Morgan fingerprint density at radius 3 is 1.25 bits per heavy atom. The van der Waals surface area contributed by atoms with Crippen LogP contribution in [0.3, 0.4) is 0 Å². The number of amides is 1. The molecule has 0 aromatic rings. The number of nitrogens with one attached hydrogen (secondary N) is 1. The lowest BCUT2D eigenvalue weighted by Crippen LogP contribution is -2.46. The van der Waals surface area contributed by atoms with Gasteiger partial charge in [-0.3, -0.25) is 9.59 Å². The average molecular weight is 898 g/mol. The third-order valence-corrected chi connectivity index (χ3v) is 12.7. The molecule has 0 radical (unpaired) electrons. The molecular formula is C58H107NO5. The number of allylic oxidation sites excluding steroid dienone is 8. The molecule has 0 fully saturated rings. The van der Waals surface area contributed by atoms with Crippen LogP contribution in [0.15, 0.2) is 48.6 Å². The zero-order valence-electron chi connectivity index (χ0n) is 42.7. The first kappa shape index (κ1) is 61.8. The summed E-state index contributed by atoms with van der Waals surface area (Å²) in [6.07, 6.45) is 63.2. The molecule has 0 aromatic heterocycles. The van der Waals surface area contributed by atoms with Crippen molar-refractivity contribution < 1.29 is 24.5 Å². The van der Waals surface area contributed by atoms with Crippen LogP contribution in [0, 0.1) is 0 Å². The van der Waals surface area contributed by atoms with Gasteiger partial charge in [-0.2, -0.15) is 0 Å². The average Bonchev–Trinajstić information content (AvgIpc) is 3.29. The molecule has 64 heavy (non-hydrogen) atoms. The van der Waals surface area contributed by atoms with Crippen LogP contribution in [0.2, 0.25) is 0 Å². The van der Waals surface area contributed by atoms with Gasteiger partial charge in [-0.25, -0.2) is 0 Å². The lowest BCUT2D eigenvalue weighted by molar-refractivity contribution is -0.151. The number of aliphatic hydroxyl groups excluding tert-OH is 2. The first-order chi connectivity index (χ1) is 31.5. The Morgan fingerprint density at radius 1 is 0.469 bits per heavy atom. The molecule has 0 aliphatic heterocycles. The number of hydrogen-bond acceptors (Lipinski definition) is 5. The van der Waals surface area contributed by atoms with Crippen LogP contribution < -0.4 is 5.32 Å². The third-order valence-electron chi connectivity index (χ3n) is 12.7. The van der Waals surface area contributed by atoms with E-state index in [0.29, 0.717) is 19.3 Å². The molecule has 0 bridgehead atoms. The first-order valence-electron chi connectivity index (χ1n) is 27.9. The second-order valence-electron chi connectivity index (χ2n) is 19.0. The van der Waals surface area contributed by atoms with Crippen molar-refractivity contribution in [3.8, 4) is 0 Å². The number of hydrogen-bond donors (Lipinski definition) is 3. The SMILES string of the molecule is CC/C=C/C/C=C/C/C=C/C/C=C/CCCC(CC(=O)NC(CO)C(O)CCCCCCCCCCCCCCCCCC)OC(=O)CCCCCCCCCCCCCCCCC. The van der Waals surface area contributed by atoms with Gasteiger partial charge in [0.25, 0.3) is 0 Å². The van der Waals surface area contributed by atoms with E-state index in [2.05, 4.69) is 74.7 Å². The van der Waals surface area contributed by atoms with Crippen LogP contribution >= 0.6 is 0 Å². The van der Waals surface area contributed by atoms with Crippen molar-refractivity contribution in [1.29, 1.82) is 0 Å². The zero-order chi connectivity index (χ0) is 46.7. The quantitative estimate of drug-likeness (QED) is 0.0321. The summed E-state index contributed by atoms with van der Waals surface area (Å²) < 4.78 is 5.92. The summed E-state index contributed by atoms with van der Waals surface area (Å²) in [6.45, 7) is 6.38. The molecule has 0 rings (SSSR count). The molecule has 3 atom stereocenters. The topological polar surface area (TPSA) is 95.9 Å². The smallest absolute Gasteiger partial charge is 0.306 e. The van der Waals surface area contributed by atoms with E-state index in [4.69, 9.17) is 4.74 Å². The van der Waals surface area contributed by atoms with Gasteiger partial charge in [0.05, 0.1) is 25.2 Å². The number of carbonyl (C=O) groups excluding carboxylic acids is 2. The lowest BCUT2D eigenvalue weighted by Gasteiger charge is -2.24. The molecule has 0 saturated carbocycles. The highest BCUT2D eigenvalue weighted by Crippen LogP contribution is 2.18. The van der Waals surface area contributed by atoms with Crippen molar-refractivity contribution in [2.24, 2.45) is 0 Å². The van der Waals surface area contributed by atoms with E-state index in [-0.39, 0.29) is 24.9 Å². The maximum Gasteiger partial charge on any atom is 0.306 e. The van der Waals surface area contributed by atoms with Gasteiger partial charge in [0.1, 0.15) is 6.10 Å². The van der Waals surface area contributed by atoms with Crippen LogP contribution in [0.25, 0.3) is 0 Å². The van der Waals surface area contributed by atoms with Crippen LogP contribution in [0.5, 0.6) is 0 Å². The van der Waals surface area contributed by atoms with Gasteiger partial charge in [0.15, 0.2) is 0 Å². The van der Waals surface area contributed by atoms with Crippen molar-refractivity contribution >= 4 is 11.9 Å². The minimum atomic E-state index is -0.801. The van der Waals surface area contributed by atoms with E-state index >= 15 is 0 Å². The van der Waals surface area contributed by atoms with Gasteiger partial charge in [0, 0.05) is 6.42 Å². The number of unbranched alkanes of at least 4 members (excludes halogenated alkanes) is 30. The Morgan fingerprint density at radius 2 is 0.844 bits per heavy atom. The molecule has 0 aliphatic rings. The Labute approximate surface area is 397 Å². The Kier molecular flexibility index (Phi) is 50.0. The van der Waals surface area contributed by atoms with E-state index < -0.39 is 18.2 Å².